The van der Waals surface area contributed by atoms with Crippen molar-refractivity contribution in [3.63, 3.8) is 0 Å². The van der Waals surface area contributed by atoms with Crippen molar-refractivity contribution >= 4 is 17.7 Å². The van der Waals surface area contributed by atoms with Crippen LogP contribution in [-0.2, 0) is 4.74 Å². The van der Waals surface area contributed by atoms with Crippen LogP contribution in [0.5, 0.6) is 0 Å². The summed E-state index contributed by atoms with van der Waals surface area (Å²) in [5.74, 6) is 0.925. The van der Waals surface area contributed by atoms with Gasteiger partial charge in [0.25, 0.3) is 0 Å². The summed E-state index contributed by atoms with van der Waals surface area (Å²) in [4.78, 5) is 7.14. The maximum atomic E-state index is 5.39. The third kappa shape index (κ3) is 6.81. The van der Waals surface area contributed by atoms with Gasteiger partial charge in [-0.15, -0.1) is 0 Å². The van der Waals surface area contributed by atoms with Crippen molar-refractivity contribution in [3.8, 4) is 0 Å². The highest BCUT2D eigenvalue weighted by Crippen LogP contribution is 2.04. The first-order valence-corrected chi connectivity index (χ1v) is 8.83. The Kier molecular flexibility index (Phi) is 9.05. The van der Waals surface area contributed by atoms with E-state index in [4.69, 9.17) is 9.73 Å². The van der Waals surface area contributed by atoms with Gasteiger partial charge in [-0.05, 0) is 20.1 Å². The quantitative estimate of drug-likeness (QED) is 0.543. The summed E-state index contributed by atoms with van der Waals surface area (Å²) in [5.41, 5.74) is 0. The zero-order valence-corrected chi connectivity index (χ0v) is 14.1. The Bertz CT molecular complexity index is 282. The van der Waals surface area contributed by atoms with Crippen LogP contribution in [0.25, 0.3) is 0 Å². The average Bonchev–Trinajstić information content (AvgIpc) is 2.50. The lowest BCUT2D eigenvalue weighted by Gasteiger charge is -2.31. The third-order valence-electron chi connectivity index (χ3n) is 3.49. The molecule has 1 rings (SSSR count). The van der Waals surface area contributed by atoms with E-state index in [1.54, 1.807) is 0 Å². The van der Waals surface area contributed by atoms with E-state index in [-0.39, 0.29) is 0 Å². The van der Waals surface area contributed by atoms with Gasteiger partial charge in [0.15, 0.2) is 5.96 Å². The van der Waals surface area contributed by atoms with Crippen LogP contribution in [0.1, 0.15) is 20.8 Å². The fourth-order valence-electron chi connectivity index (χ4n) is 2.02. The molecule has 0 aromatic rings. The number of ether oxygens (including phenoxy) is 1. The minimum absolute atomic E-state index is 0.465. The topological polar surface area (TPSA) is 48.9 Å². The van der Waals surface area contributed by atoms with Gasteiger partial charge in [0.2, 0.25) is 0 Å². The zero-order chi connectivity index (χ0) is 14.8. The van der Waals surface area contributed by atoms with Gasteiger partial charge in [0.05, 0.1) is 19.8 Å². The molecule has 1 fully saturated rings. The van der Waals surface area contributed by atoms with Crippen LogP contribution >= 0.6 is 11.8 Å². The second kappa shape index (κ2) is 10.3. The minimum atomic E-state index is 0.465. The molecule has 20 heavy (non-hydrogen) atoms. The van der Waals surface area contributed by atoms with Gasteiger partial charge in [0, 0.05) is 37.5 Å². The fourth-order valence-corrected chi connectivity index (χ4v) is 2.27. The summed E-state index contributed by atoms with van der Waals surface area (Å²) < 4.78 is 5.39. The second-order valence-electron chi connectivity index (χ2n) is 5.14. The largest absolute Gasteiger partial charge is 0.379 e. The molecule has 0 aromatic carbocycles. The van der Waals surface area contributed by atoms with Crippen molar-refractivity contribution in [1.82, 2.24) is 15.5 Å². The Morgan fingerprint density at radius 1 is 1.30 bits per heavy atom. The summed E-state index contributed by atoms with van der Waals surface area (Å²) >= 11 is 1.86. The normalized spacial score (nSPS) is 20.5. The van der Waals surface area contributed by atoms with E-state index in [1.807, 2.05) is 11.8 Å². The van der Waals surface area contributed by atoms with Crippen molar-refractivity contribution in [2.45, 2.75) is 32.1 Å². The predicted molar refractivity (Wildman–Crippen MR) is 88.8 cm³/mol. The van der Waals surface area contributed by atoms with E-state index in [2.05, 4.69) is 42.6 Å². The number of hydrogen-bond donors (Lipinski definition) is 2. The molecule has 2 unspecified atom stereocenters. The summed E-state index contributed by atoms with van der Waals surface area (Å²) in [6.45, 7) is 12.9. The van der Waals surface area contributed by atoms with E-state index < -0.39 is 0 Å². The predicted octanol–water partition coefficient (Wildman–Crippen LogP) is 1.01. The molecule has 5 nitrogen and oxygen atoms in total. The van der Waals surface area contributed by atoms with Crippen LogP contribution in [-0.4, -0.2) is 74.3 Å². The molecular weight excluding hydrogens is 272 g/mol. The van der Waals surface area contributed by atoms with E-state index in [0.29, 0.717) is 11.3 Å². The summed E-state index contributed by atoms with van der Waals surface area (Å²) in [6, 6.07) is 0.465. The molecular formula is C14H30N4OS. The Hall–Kier alpha value is -0.460. The Balaban J connectivity index is 2.39. The molecule has 0 saturated carbocycles. The van der Waals surface area contributed by atoms with Gasteiger partial charge in [-0.3, -0.25) is 9.89 Å². The van der Waals surface area contributed by atoms with Gasteiger partial charge in [-0.25, -0.2) is 0 Å². The highest BCUT2D eigenvalue weighted by molar-refractivity contribution is 7.99. The van der Waals surface area contributed by atoms with Crippen LogP contribution in [0.2, 0.25) is 0 Å². The average molecular weight is 302 g/mol. The van der Waals surface area contributed by atoms with E-state index in [1.165, 1.54) is 0 Å². The number of aliphatic imine (C=N–C) groups is 1. The van der Waals surface area contributed by atoms with Crippen LogP contribution < -0.4 is 10.6 Å². The first-order chi connectivity index (χ1) is 9.67. The minimum Gasteiger partial charge on any atom is -0.379 e. The molecule has 0 aliphatic carbocycles. The summed E-state index contributed by atoms with van der Waals surface area (Å²) in [7, 11) is 0. The summed E-state index contributed by atoms with van der Waals surface area (Å²) in [6.07, 6.45) is 2.14. The van der Waals surface area contributed by atoms with Crippen LogP contribution in [0.4, 0.5) is 0 Å². The molecule has 1 saturated heterocycles. The smallest absolute Gasteiger partial charge is 0.191 e. The fraction of sp³-hybridized carbons (Fsp3) is 0.929. The zero-order valence-electron chi connectivity index (χ0n) is 13.3. The lowest BCUT2D eigenvalue weighted by atomic mass is 10.2. The lowest BCUT2D eigenvalue weighted by Crippen LogP contribution is -2.45. The van der Waals surface area contributed by atoms with Gasteiger partial charge in [-0.1, -0.05) is 6.92 Å². The van der Waals surface area contributed by atoms with Gasteiger partial charge < -0.3 is 15.4 Å². The molecule has 2 atom stereocenters. The van der Waals surface area contributed by atoms with Crippen molar-refractivity contribution in [2.24, 2.45) is 4.99 Å². The Morgan fingerprint density at radius 2 is 2.00 bits per heavy atom. The standard InChI is InChI=1S/C14H30N4OS/c1-5-15-14(17-11-13(3)20-4)16-10-12(2)18-6-8-19-9-7-18/h12-13H,5-11H2,1-4H3,(H2,15,16,17). The van der Waals surface area contributed by atoms with Crippen molar-refractivity contribution < 1.29 is 4.74 Å². The molecule has 0 spiro atoms. The number of nitrogens with zero attached hydrogens (tertiary/aromatic N) is 2. The molecule has 2 N–H and O–H groups in total. The number of thioether (sulfide) groups is 1. The van der Waals surface area contributed by atoms with Gasteiger partial charge >= 0.3 is 0 Å². The maximum absolute atomic E-state index is 5.39. The number of morpholine rings is 1. The molecule has 0 aromatic heterocycles. The van der Waals surface area contributed by atoms with Crippen LogP contribution in [0.15, 0.2) is 4.99 Å². The number of guanidine groups is 1. The summed E-state index contributed by atoms with van der Waals surface area (Å²) in [5, 5.41) is 7.30. The first-order valence-electron chi connectivity index (χ1n) is 7.54. The number of hydrogen-bond acceptors (Lipinski definition) is 4. The van der Waals surface area contributed by atoms with Crippen molar-refractivity contribution in [2.75, 3.05) is 52.2 Å². The third-order valence-corrected chi connectivity index (χ3v) is 4.46. The second-order valence-corrected chi connectivity index (χ2v) is 6.42. The molecule has 118 valence electrons. The van der Waals surface area contributed by atoms with E-state index >= 15 is 0 Å². The maximum Gasteiger partial charge on any atom is 0.191 e. The first kappa shape index (κ1) is 17.6. The highest BCUT2D eigenvalue weighted by atomic mass is 32.2. The monoisotopic (exact) mass is 302 g/mol. The SMILES string of the molecule is CCNC(=NCC(C)N1CCOCC1)NCC(C)SC. The molecule has 6 heteroatoms. The molecule has 0 amide bonds. The highest BCUT2D eigenvalue weighted by Gasteiger charge is 2.16. The molecule has 1 aliphatic rings. The van der Waals surface area contributed by atoms with Crippen LogP contribution in [0, 0.1) is 0 Å². The number of rotatable bonds is 7. The lowest BCUT2D eigenvalue weighted by molar-refractivity contribution is 0.0220. The molecule has 0 radical (unpaired) electrons. The van der Waals surface area contributed by atoms with Gasteiger partial charge in [0.1, 0.15) is 0 Å². The Labute approximate surface area is 127 Å². The molecule has 1 heterocycles. The van der Waals surface area contributed by atoms with Gasteiger partial charge in [-0.2, -0.15) is 11.8 Å². The number of nitrogens with one attached hydrogen (secondary N) is 2. The van der Waals surface area contributed by atoms with E-state index in [0.717, 1.165) is 51.9 Å². The van der Waals surface area contributed by atoms with Crippen molar-refractivity contribution in [3.05, 3.63) is 0 Å². The van der Waals surface area contributed by atoms with E-state index in [9.17, 15) is 0 Å². The molecule has 1 aliphatic heterocycles. The van der Waals surface area contributed by atoms with Crippen LogP contribution in [0.3, 0.4) is 0 Å². The molecule has 0 bridgehead atoms. The van der Waals surface area contributed by atoms with Crippen molar-refractivity contribution in [1.29, 1.82) is 0 Å². The Morgan fingerprint density at radius 3 is 2.60 bits per heavy atom.